The molecule has 1 saturated carbocycles. The quantitative estimate of drug-likeness (QED) is 0.797. The molecule has 0 N–H and O–H groups in total. The Kier molecular flexibility index (Phi) is 3.34. The number of carbonyl (C=O) groups is 1. The van der Waals surface area contributed by atoms with Gasteiger partial charge in [-0.2, -0.15) is 0 Å². The minimum atomic E-state index is -0.187. The van der Waals surface area contributed by atoms with Crippen LogP contribution in [-0.4, -0.2) is 25.2 Å². The summed E-state index contributed by atoms with van der Waals surface area (Å²) in [6, 6.07) is 13.1. The molecule has 0 aromatic heterocycles. The summed E-state index contributed by atoms with van der Waals surface area (Å²) < 4.78 is 12.1. The van der Waals surface area contributed by atoms with Gasteiger partial charge >= 0.3 is 0 Å². The fraction of sp³-hybridized carbons (Fsp3) is 0.278. The number of fused-ring (bicyclic) bond motifs is 1. The van der Waals surface area contributed by atoms with Gasteiger partial charge in [-0.1, -0.05) is 12.1 Å². The van der Waals surface area contributed by atoms with Crippen LogP contribution in [0.1, 0.15) is 23.2 Å². The zero-order valence-electron chi connectivity index (χ0n) is 12.7. The van der Waals surface area contributed by atoms with E-state index in [9.17, 15) is 4.79 Å². The molecular weight excluding hydrogens is 358 g/mol. The van der Waals surface area contributed by atoms with Gasteiger partial charge in [0.15, 0.2) is 0 Å². The van der Waals surface area contributed by atoms with Gasteiger partial charge in [0.25, 0.3) is 5.91 Å². The van der Waals surface area contributed by atoms with Gasteiger partial charge in [0.2, 0.25) is 0 Å². The van der Waals surface area contributed by atoms with Gasteiger partial charge in [-0.15, -0.1) is 0 Å². The number of carbonyl (C=O) groups excluding carboxylic acids is 1. The lowest BCUT2D eigenvalue weighted by molar-refractivity contribution is 0.0943. The van der Waals surface area contributed by atoms with Crippen LogP contribution >= 0.6 is 15.9 Å². The second kappa shape index (κ2) is 5.27. The van der Waals surface area contributed by atoms with E-state index >= 15 is 0 Å². The van der Waals surface area contributed by atoms with Crippen LogP contribution in [0, 0.1) is 0 Å². The summed E-state index contributed by atoms with van der Waals surface area (Å²) >= 11 is 3.45. The topological polar surface area (TPSA) is 38.8 Å². The van der Waals surface area contributed by atoms with Crippen molar-refractivity contribution in [2.24, 2.45) is 0 Å². The van der Waals surface area contributed by atoms with Crippen molar-refractivity contribution in [1.82, 2.24) is 0 Å². The lowest BCUT2D eigenvalue weighted by atomic mass is 10.1. The molecule has 1 spiro atoms. The number of anilines is 1. The van der Waals surface area contributed by atoms with Gasteiger partial charge in [-0.25, -0.2) is 0 Å². The lowest BCUT2D eigenvalue weighted by Gasteiger charge is -2.35. The molecule has 0 bridgehead atoms. The molecule has 1 heterocycles. The zero-order chi connectivity index (χ0) is 16.0. The molecule has 2 aromatic rings. The van der Waals surface area contributed by atoms with Crippen LogP contribution in [0.2, 0.25) is 0 Å². The number of nitrogens with zero attached hydrogens (tertiary/aromatic N) is 1. The van der Waals surface area contributed by atoms with Crippen molar-refractivity contribution in [3.8, 4) is 11.5 Å². The van der Waals surface area contributed by atoms with Crippen molar-refractivity contribution >= 4 is 27.5 Å². The average Bonchev–Trinajstić information content (AvgIpc) is 3.32. The number of hydrogen-bond donors (Lipinski definition) is 0. The Bertz CT molecular complexity index is 786. The van der Waals surface area contributed by atoms with E-state index in [0.717, 1.165) is 28.8 Å². The summed E-state index contributed by atoms with van der Waals surface area (Å²) in [6.07, 6.45) is 1.99. The molecule has 4 nitrogen and oxygen atoms in total. The first-order chi connectivity index (χ1) is 11.1. The smallest absolute Gasteiger partial charge is 0.258 e. The van der Waals surface area contributed by atoms with Crippen LogP contribution in [0.15, 0.2) is 46.9 Å². The van der Waals surface area contributed by atoms with Crippen LogP contribution in [0.4, 0.5) is 5.69 Å². The number of benzene rings is 2. The highest BCUT2D eigenvalue weighted by Gasteiger charge is 2.51. The van der Waals surface area contributed by atoms with Crippen LogP contribution < -0.4 is 14.4 Å². The second-order valence-corrected chi connectivity index (χ2v) is 6.85. The molecule has 118 valence electrons. The molecule has 1 fully saturated rings. The van der Waals surface area contributed by atoms with Gasteiger partial charge in [0.1, 0.15) is 17.1 Å². The number of halogens is 1. The Morgan fingerprint density at radius 1 is 1.26 bits per heavy atom. The molecule has 0 radical (unpaired) electrons. The minimum Gasteiger partial charge on any atom is -0.496 e. The SMILES string of the molecule is COc1ccc(C(=O)N2CC3(CC3)Oc3ccccc32)cc1Br. The molecule has 0 atom stereocenters. The van der Waals surface area contributed by atoms with E-state index in [1.165, 1.54) is 0 Å². The summed E-state index contributed by atoms with van der Waals surface area (Å²) in [7, 11) is 1.61. The molecule has 1 aliphatic heterocycles. The monoisotopic (exact) mass is 373 g/mol. The first-order valence-electron chi connectivity index (χ1n) is 7.55. The summed E-state index contributed by atoms with van der Waals surface area (Å²) in [4.78, 5) is 14.9. The number of para-hydroxylation sites is 2. The van der Waals surface area contributed by atoms with Gasteiger partial charge in [0, 0.05) is 5.56 Å². The number of amides is 1. The predicted octanol–water partition coefficient (Wildman–Crippen LogP) is 4.03. The van der Waals surface area contributed by atoms with E-state index in [1.54, 1.807) is 25.3 Å². The maximum Gasteiger partial charge on any atom is 0.258 e. The normalized spacial score (nSPS) is 17.4. The number of hydrogen-bond acceptors (Lipinski definition) is 3. The Balaban J connectivity index is 1.72. The van der Waals surface area contributed by atoms with Gasteiger partial charge in [-0.05, 0) is 59.1 Å². The highest BCUT2D eigenvalue weighted by Crippen LogP contribution is 2.48. The molecule has 5 heteroatoms. The molecule has 1 aliphatic carbocycles. The van der Waals surface area contributed by atoms with Crippen molar-refractivity contribution in [2.75, 3.05) is 18.6 Å². The third-order valence-corrected chi connectivity index (χ3v) is 5.00. The molecule has 0 unspecified atom stereocenters. The number of rotatable bonds is 2. The van der Waals surface area contributed by atoms with Crippen LogP contribution in [0.3, 0.4) is 0 Å². The van der Waals surface area contributed by atoms with Crippen LogP contribution in [0.25, 0.3) is 0 Å². The number of methoxy groups -OCH3 is 1. The second-order valence-electron chi connectivity index (χ2n) is 5.99. The molecule has 4 rings (SSSR count). The minimum absolute atomic E-state index is 0.0182. The summed E-state index contributed by atoms with van der Waals surface area (Å²) in [6.45, 7) is 0.604. The molecule has 0 saturated heterocycles. The fourth-order valence-corrected chi connectivity index (χ4v) is 3.48. The first kappa shape index (κ1) is 14.6. The van der Waals surface area contributed by atoms with Crippen molar-refractivity contribution < 1.29 is 14.3 Å². The van der Waals surface area contributed by atoms with E-state index in [-0.39, 0.29) is 11.5 Å². The van der Waals surface area contributed by atoms with Crippen molar-refractivity contribution in [2.45, 2.75) is 18.4 Å². The van der Waals surface area contributed by atoms with Gasteiger partial charge in [-0.3, -0.25) is 4.79 Å². The fourth-order valence-electron chi connectivity index (χ4n) is 2.94. The van der Waals surface area contributed by atoms with Crippen LogP contribution in [-0.2, 0) is 0 Å². The van der Waals surface area contributed by atoms with Crippen molar-refractivity contribution in [3.05, 3.63) is 52.5 Å². The largest absolute Gasteiger partial charge is 0.496 e. The zero-order valence-corrected chi connectivity index (χ0v) is 14.3. The van der Waals surface area contributed by atoms with E-state index in [2.05, 4.69) is 15.9 Å². The maximum absolute atomic E-state index is 13.0. The summed E-state index contributed by atoms with van der Waals surface area (Å²) in [5, 5.41) is 0. The van der Waals surface area contributed by atoms with E-state index in [1.807, 2.05) is 29.2 Å². The van der Waals surface area contributed by atoms with Crippen molar-refractivity contribution in [3.63, 3.8) is 0 Å². The van der Waals surface area contributed by atoms with Gasteiger partial charge < -0.3 is 14.4 Å². The molecule has 1 amide bonds. The van der Waals surface area contributed by atoms with Gasteiger partial charge in [0.05, 0.1) is 23.8 Å². The highest BCUT2D eigenvalue weighted by atomic mass is 79.9. The number of ether oxygens (including phenoxy) is 2. The van der Waals surface area contributed by atoms with E-state index < -0.39 is 0 Å². The lowest BCUT2D eigenvalue weighted by Crippen LogP contribution is -2.45. The average molecular weight is 374 g/mol. The molecule has 2 aliphatic rings. The molecular formula is C18H16BrNO3. The molecule has 2 aromatic carbocycles. The Labute approximate surface area is 143 Å². The third kappa shape index (κ3) is 2.49. The van der Waals surface area contributed by atoms with E-state index in [4.69, 9.17) is 9.47 Å². The Morgan fingerprint density at radius 2 is 2.04 bits per heavy atom. The first-order valence-corrected chi connectivity index (χ1v) is 8.35. The van der Waals surface area contributed by atoms with Crippen molar-refractivity contribution in [1.29, 1.82) is 0 Å². The standard InChI is InChI=1S/C18H16BrNO3/c1-22-15-7-6-12(10-13(15)19)17(21)20-11-18(8-9-18)23-16-5-3-2-4-14(16)20/h2-7,10H,8-9,11H2,1H3. The van der Waals surface area contributed by atoms with Crippen LogP contribution in [0.5, 0.6) is 11.5 Å². The van der Waals surface area contributed by atoms with E-state index in [0.29, 0.717) is 17.9 Å². The maximum atomic E-state index is 13.0. The summed E-state index contributed by atoms with van der Waals surface area (Å²) in [5.41, 5.74) is 1.28. The third-order valence-electron chi connectivity index (χ3n) is 4.38. The predicted molar refractivity (Wildman–Crippen MR) is 91.4 cm³/mol. The highest BCUT2D eigenvalue weighted by molar-refractivity contribution is 9.10. The Morgan fingerprint density at radius 3 is 2.74 bits per heavy atom. The molecule has 23 heavy (non-hydrogen) atoms. The summed E-state index contributed by atoms with van der Waals surface area (Å²) in [5.74, 6) is 1.48. The Hall–Kier alpha value is -2.01.